The molecule has 5 nitrogen and oxygen atoms in total. The topological polar surface area (TPSA) is 56.7 Å². The van der Waals surface area contributed by atoms with Crippen LogP contribution in [0, 0.1) is 5.82 Å². The van der Waals surface area contributed by atoms with Gasteiger partial charge in [-0.1, -0.05) is 29.8 Å². The van der Waals surface area contributed by atoms with Gasteiger partial charge in [0.2, 0.25) is 0 Å². The molecule has 0 radical (unpaired) electrons. The minimum Gasteiger partial charge on any atom is -0.357 e. The lowest BCUT2D eigenvalue weighted by Gasteiger charge is -2.13. The molecule has 0 spiro atoms. The SMILES string of the molecule is CCNC(=NCc1ccc(F)c(Cl)c1)NCc1ccc(C(=O)N(C)C)cc1.I. The van der Waals surface area contributed by atoms with Crippen molar-refractivity contribution in [2.24, 2.45) is 4.99 Å². The predicted molar refractivity (Wildman–Crippen MR) is 123 cm³/mol. The van der Waals surface area contributed by atoms with Crippen LogP contribution in [0.4, 0.5) is 4.39 Å². The molecular formula is C20H25ClFIN4O. The molecule has 2 N–H and O–H groups in total. The first-order chi connectivity index (χ1) is 12.9. The molecule has 28 heavy (non-hydrogen) atoms. The van der Waals surface area contributed by atoms with Crippen molar-refractivity contribution in [3.8, 4) is 0 Å². The molecule has 0 aliphatic heterocycles. The molecule has 0 saturated carbocycles. The highest BCUT2D eigenvalue weighted by Gasteiger charge is 2.07. The van der Waals surface area contributed by atoms with E-state index in [2.05, 4.69) is 15.6 Å². The first-order valence-electron chi connectivity index (χ1n) is 8.67. The molecule has 0 aromatic heterocycles. The summed E-state index contributed by atoms with van der Waals surface area (Å²) >= 11 is 5.80. The first-order valence-corrected chi connectivity index (χ1v) is 9.05. The summed E-state index contributed by atoms with van der Waals surface area (Å²) in [6, 6.07) is 12.0. The summed E-state index contributed by atoms with van der Waals surface area (Å²) in [5, 5.41) is 6.50. The van der Waals surface area contributed by atoms with Crippen molar-refractivity contribution in [3.63, 3.8) is 0 Å². The molecule has 2 aromatic carbocycles. The van der Waals surface area contributed by atoms with Crippen molar-refractivity contribution in [1.82, 2.24) is 15.5 Å². The number of hydrogen-bond acceptors (Lipinski definition) is 2. The predicted octanol–water partition coefficient (Wildman–Crippen LogP) is 4.05. The van der Waals surface area contributed by atoms with Gasteiger partial charge in [0.25, 0.3) is 5.91 Å². The zero-order chi connectivity index (χ0) is 19.8. The molecule has 8 heteroatoms. The van der Waals surface area contributed by atoms with Crippen LogP contribution in [-0.4, -0.2) is 37.4 Å². The van der Waals surface area contributed by atoms with Gasteiger partial charge in [-0.25, -0.2) is 9.38 Å². The zero-order valence-electron chi connectivity index (χ0n) is 16.1. The number of amides is 1. The smallest absolute Gasteiger partial charge is 0.253 e. The number of carbonyl (C=O) groups is 1. The zero-order valence-corrected chi connectivity index (χ0v) is 19.2. The molecule has 0 unspecified atom stereocenters. The second-order valence-corrected chi connectivity index (χ2v) is 6.60. The minimum absolute atomic E-state index is 0. The largest absolute Gasteiger partial charge is 0.357 e. The second kappa shape index (κ2) is 11.9. The van der Waals surface area contributed by atoms with Crippen molar-refractivity contribution >= 4 is 47.4 Å². The van der Waals surface area contributed by atoms with Crippen molar-refractivity contribution in [1.29, 1.82) is 0 Å². The van der Waals surface area contributed by atoms with E-state index in [0.29, 0.717) is 31.2 Å². The van der Waals surface area contributed by atoms with Crippen LogP contribution in [0.2, 0.25) is 5.02 Å². The summed E-state index contributed by atoms with van der Waals surface area (Å²) in [7, 11) is 3.45. The van der Waals surface area contributed by atoms with Gasteiger partial charge in [-0.05, 0) is 42.3 Å². The van der Waals surface area contributed by atoms with E-state index in [-0.39, 0.29) is 34.9 Å². The van der Waals surface area contributed by atoms with E-state index >= 15 is 0 Å². The van der Waals surface area contributed by atoms with E-state index < -0.39 is 5.82 Å². The highest BCUT2D eigenvalue weighted by molar-refractivity contribution is 14.0. The Morgan fingerprint density at radius 2 is 1.75 bits per heavy atom. The Labute approximate surface area is 187 Å². The number of hydrogen-bond donors (Lipinski definition) is 2. The van der Waals surface area contributed by atoms with Crippen molar-refractivity contribution in [3.05, 3.63) is 70.0 Å². The first kappa shape index (κ1) is 24.2. The lowest BCUT2D eigenvalue weighted by Crippen LogP contribution is -2.36. The average molecular weight is 519 g/mol. The number of benzene rings is 2. The molecule has 0 aliphatic carbocycles. The van der Waals surface area contributed by atoms with Crippen LogP contribution in [0.15, 0.2) is 47.5 Å². The third-order valence-corrected chi connectivity index (χ3v) is 4.10. The summed E-state index contributed by atoms with van der Waals surface area (Å²) in [5.41, 5.74) is 2.50. The van der Waals surface area contributed by atoms with Gasteiger partial charge in [0, 0.05) is 32.7 Å². The van der Waals surface area contributed by atoms with E-state index in [0.717, 1.165) is 11.1 Å². The van der Waals surface area contributed by atoms with Gasteiger partial charge in [0.05, 0.1) is 11.6 Å². The molecule has 2 aromatic rings. The molecular weight excluding hydrogens is 494 g/mol. The van der Waals surface area contributed by atoms with Crippen LogP contribution in [-0.2, 0) is 13.1 Å². The van der Waals surface area contributed by atoms with Gasteiger partial charge < -0.3 is 15.5 Å². The van der Waals surface area contributed by atoms with Crippen LogP contribution in [0.1, 0.15) is 28.4 Å². The number of nitrogens with zero attached hydrogens (tertiary/aromatic N) is 2. The number of rotatable bonds is 6. The van der Waals surface area contributed by atoms with E-state index in [4.69, 9.17) is 11.6 Å². The van der Waals surface area contributed by atoms with Crippen molar-refractivity contribution in [2.75, 3.05) is 20.6 Å². The molecule has 0 fully saturated rings. The Morgan fingerprint density at radius 3 is 2.32 bits per heavy atom. The van der Waals surface area contributed by atoms with Crippen LogP contribution >= 0.6 is 35.6 Å². The van der Waals surface area contributed by atoms with Crippen LogP contribution in [0.5, 0.6) is 0 Å². The summed E-state index contributed by atoms with van der Waals surface area (Å²) in [6.07, 6.45) is 0. The van der Waals surface area contributed by atoms with Crippen LogP contribution in [0.25, 0.3) is 0 Å². The maximum atomic E-state index is 13.2. The molecule has 2 rings (SSSR count). The molecule has 152 valence electrons. The average Bonchev–Trinajstić information content (AvgIpc) is 2.66. The third-order valence-electron chi connectivity index (χ3n) is 3.82. The van der Waals surface area contributed by atoms with Crippen molar-refractivity contribution < 1.29 is 9.18 Å². The quantitative estimate of drug-likeness (QED) is 0.345. The standard InChI is InChI=1S/C20H24ClFN4O.HI/c1-4-23-20(25-13-15-7-10-18(22)17(21)11-15)24-12-14-5-8-16(9-6-14)19(27)26(2)3;/h5-11H,4,12-13H2,1-3H3,(H2,23,24,25);1H. The number of halogens is 3. The van der Waals surface area contributed by atoms with Crippen LogP contribution < -0.4 is 10.6 Å². The Morgan fingerprint density at radius 1 is 1.11 bits per heavy atom. The fourth-order valence-electron chi connectivity index (χ4n) is 2.36. The van der Waals surface area contributed by atoms with Gasteiger partial charge in [0.15, 0.2) is 5.96 Å². The minimum atomic E-state index is -0.439. The maximum Gasteiger partial charge on any atom is 0.253 e. The summed E-state index contributed by atoms with van der Waals surface area (Å²) < 4.78 is 13.2. The highest BCUT2D eigenvalue weighted by Crippen LogP contribution is 2.16. The fourth-order valence-corrected chi connectivity index (χ4v) is 2.56. The summed E-state index contributed by atoms with van der Waals surface area (Å²) in [4.78, 5) is 18.0. The lowest BCUT2D eigenvalue weighted by molar-refractivity contribution is 0.0827. The number of carbonyl (C=O) groups excluding carboxylic acids is 1. The summed E-state index contributed by atoms with van der Waals surface area (Å²) in [5.74, 6) is 0.180. The molecule has 0 saturated heterocycles. The molecule has 0 atom stereocenters. The van der Waals surface area contributed by atoms with Gasteiger partial charge in [0.1, 0.15) is 5.82 Å². The number of guanidine groups is 1. The van der Waals surface area contributed by atoms with E-state index in [1.165, 1.54) is 6.07 Å². The fraction of sp³-hybridized carbons (Fsp3) is 0.300. The van der Waals surface area contributed by atoms with Gasteiger partial charge in [-0.3, -0.25) is 4.79 Å². The number of aliphatic imine (C=N–C) groups is 1. The van der Waals surface area contributed by atoms with Gasteiger partial charge in [-0.15, -0.1) is 24.0 Å². The Kier molecular flexibility index (Phi) is 10.2. The maximum absolute atomic E-state index is 13.2. The highest BCUT2D eigenvalue weighted by atomic mass is 127. The molecule has 1 amide bonds. The van der Waals surface area contributed by atoms with Gasteiger partial charge in [-0.2, -0.15) is 0 Å². The molecule has 0 aliphatic rings. The molecule has 0 heterocycles. The second-order valence-electron chi connectivity index (χ2n) is 6.19. The normalized spacial score (nSPS) is 10.8. The van der Waals surface area contributed by atoms with E-state index in [1.54, 1.807) is 31.1 Å². The monoisotopic (exact) mass is 518 g/mol. The lowest BCUT2D eigenvalue weighted by atomic mass is 10.1. The molecule has 0 bridgehead atoms. The van der Waals surface area contributed by atoms with Gasteiger partial charge >= 0.3 is 0 Å². The number of nitrogens with one attached hydrogen (secondary N) is 2. The summed E-state index contributed by atoms with van der Waals surface area (Å²) in [6.45, 7) is 3.64. The van der Waals surface area contributed by atoms with E-state index in [1.807, 2.05) is 31.2 Å². The van der Waals surface area contributed by atoms with E-state index in [9.17, 15) is 9.18 Å². The Balaban J connectivity index is 0.00000392. The van der Waals surface area contributed by atoms with Crippen LogP contribution in [0.3, 0.4) is 0 Å². The Hall–Kier alpha value is -1.87. The third kappa shape index (κ3) is 7.27. The Bertz CT molecular complexity index is 812. The van der Waals surface area contributed by atoms with Crippen molar-refractivity contribution in [2.45, 2.75) is 20.0 Å².